The van der Waals surface area contributed by atoms with Crippen molar-refractivity contribution in [2.75, 3.05) is 18.1 Å². The SMILES string of the molecule is CC(C)(OC(=O)C(F)(F)F)n1c(N2CCC[C@H]2CO)nc(OCc2ccc(F)cc2F)c(Br)c1=O. The first kappa shape index (κ1) is 26.9. The molecule has 0 aliphatic carbocycles. The fraction of sp³-hybridized carbons (Fsp3) is 0.476. The Kier molecular flexibility index (Phi) is 7.74. The Morgan fingerprint density at radius 3 is 2.57 bits per heavy atom. The largest absolute Gasteiger partial charge is 0.491 e. The topological polar surface area (TPSA) is 93.9 Å². The smallest absolute Gasteiger partial charge is 0.472 e. The molecule has 35 heavy (non-hydrogen) atoms. The fourth-order valence-corrected chi connectivity index (χ4v) is 4.03. The molecule has 1 N–H and O–H groups in total. The van der Waals surface area contributed by atoms with Crippen molar-refractivity contribution >= 4 is 27.8 Å². The Hall–Kier alpha value is -2.74. The molecule has 192 valence electrons. The molecule has 2 aromatic rings. The van der Waals surface area contributed by atoms with Gasteiger partial charge in [-0.15, -0.1) is 0 Å². The summed E-state index contributed by atoms with van der Waals surface area (Å²) in [6.45, 7) is 1.65. The molecule has 2 heterocycles. The lowest BCUT2D eigenvalue weighted by Gasteiger charge is -2.34. The third-order valence-electron chi connectivity index (χ3n) is 5.32. The van der Waals surface area contributed by atoms with Crippen LogP contribution in [0.5, 0.6) is 5.88 Å². The average Bonchev–Trinajstić information content (AvgIpc) is 3.23. The van der Waals surface area contributed by atoms with E-state index in [1.165, 1.54) is 4.90 Å². The molecule has 0 spiro atoms. The molecule has 0 radical (unpaired) electrons. The molecule has 0 bridgehead atoms. The second-order valence-corrected chi connectivity index (χ2v) is 8.99. The number of alkyl halides is 3. The van der Waals surface area contributed by atoms with E-state index in [0.29, 0.717) is 18.9 Å². The fourth-order valence-electron chi connectivity index (χ4n) is 3.65. The Labute approximate surface area is 204 Å². The molecule has 3 rings (SSSR count). The van der Waals surface area contributed by atoms with Crippen molar-refractivity contribution in [2.24, 2.45) is 0 Å². The van der Waals surface area contributed by atoms with Crippen molar-refractivity contribution in [3.8, 4) is 5.88 Å². The van der Waals surface area contributed by atoms with Gasteiger partial charge in [0.25, 0.3) is 5.56 Å². The lowest BCUT2D eigenvalue weighted by atomic mass is 10.2. The maximum Gasteiger partial charge on any atom is 0.491 e. The van der Waals surface area contributed by atoms with E-state index in [4.69, 9.17) is 4.74 Å². The molecule has 14 heteroatoms. The second kappa shape index (κ2) is 10.1. The van der Waals surface area contributed by atoms with Crippen molar-refractivity contribution in [3.05, 3.63) is 50.2 Å². The van der Waals surface area contributed by atoms with Crippen LogP contribution in [0, 0.1) is 11.6 Å². The maximum atomic E-state index is 14.0. The van der Waals surface area contributed by atoms with E-state index in [-0.39, 0.29) is 35.0 Å². The third-order valence-corrected chi connectivity index (χ3v) is 6.00. The van der Waals surface area contributed by atoms with Gasteiger partial charge in [-0.2, -0.15) is 18.2 Å². The Balaban J connectivity index is 2.08. The van der Waals surface area contributed by atoms with Crippen molar-refractivity contribution in [1.29, 1.82) is 0 Å². The average molecular weight is 570 g/mol. The normalized spacial score (nSPS) is 16.5. The zero-order valence-electron chi connectivity index (χ0n) is 18.5. The van der Waals surface area contributed by atoms with Gasteiger partial charge in [0.15, 0.2) is 5.72 Å². The van der Waals surface area contributed by atoms with Crippen LogP contribution in [0.15, 0.2) is 27.5 Å². The standard InChI is InChI=1S/C21H21BrF5N3O5/c1-20(2,35-18(33)21(25,26)27)30-17(32)15(22)16(28-19(30)29-7-3-4-13(29)9-31)34-10-11-5-6-12(23)8-14(11)24/h5-6,8,13,31H,3-4,7,9-10H2,1-2H3/t13-/m0/s1. The van der Waals surface area contributed by atoms with Gasteiger partial charge in [0.2, 0.25) is 11.8 Å². The number of carbonyl (C=O) groups excluding carboxylic acids is 1. The van der Waals surface area contributed by atoms with Crippen LogP contribution in [0.25, 0.3) is 0 Å². The van der Waals surface area contributed by atoms with Gasteiger partial charge in [-0.3, -0.25) is 4.79 Å². The van der Waals surface area contributed by atoms with Crippen LogP contribution < -0.4 is 15.2 Å². The monoisotopic (exact) mass is 569 g/mol. The molecule has 0 unspecified atom stereocenters. The highest BCUT2D eigenvalue weighted by molar-refractivity contribution is 9.10. The summed E-state index contributed by atoms with van der Waals surface area (Å²) in [6.07, 6.45) is -4.23. The van der Waals surface area contributed by atoms with Crippen LogP contribution >= 0.6 is 15.9 Å². The van der Waals surface area contributed by atoms with Crippen LogP contribution in [-0.4, -0.2) is 46.0 Å². The number of hydrogen-bond donors (Lipinski definition) is 1. The van der Waals surface area contributed by atoms with Crippen LogP contribution in [0.2, 0.25) is 0 Å². The second-order valence-electron chi connectivity index (χ2n) is 8.20. The van der Waals surface area contributed by atoms with E-state index in [2.05, 4.69) is 25.7 Å². The van der Waals surface area contributed by atoms with Crippen LogP contribution in [0.1, 0.15) is 32.3 Å². The van der Waals surface area contributed by atoms with Crippen molar-refractivity contribution in [3.63, 3.8) is 0 Å². The van der Waals surface area contributed by atoms with Gasteiger partial charge in [-0.25, -0.2) is 18.1 Å². The summed E-state index contributed by atoms with van der Waals surface area (Å²) in [5, 5.41) is 9.74. The summed E-state index contributed by atoms with van der Waals surface area (Å²) in [6, 6.07) is 2.29. The third kappa shape index (κ3) is 5.74. The molecule has 8 nitrogen and oxygen atoms in total. The maximum absolute atomic E-state index is 14.0. The van der Waals surface area contributed by atoms with Gasteiger partial charge < -0.3 is 19.5 Å². The van der Waals surface area contributed by atoms with Crippen molar-refractivity contribution in [2.45, 2.75) is 51.2 Å². The number of aliphatic hydroxyl groups is 1. The zero-order chi connectivity index (χ0) is 26.1. The van der Waals surface area contributed by atoms with E-state index in [9.17, 15) is 36.6 Å². The molecule has 1 fully saturated rings. The summed E-state index contributed by atoms with van der Waals surface area (Å²) in [4.78, 5) is 30.6. The van der Waals surface area contributed by atoms with Gasteiger partial charge in [-0.1, -0.05) is 0 Å². The molecule has 1 aromatic heterocycles. The predicted octanol–water partition coefficient (Wildman–Crippen LogP) is 3.62. The van der Waals surface area contributed by atoms with Gasteiger partial charge >= 0.3 is 12.1 Å². The quantitative estimate of drug-likeness (QED) is 0.402. The molecule has 1 aliphatic heterocycles. The highest BCUT2D eigenvalue weighted by Crippen LogP contribution is 2.33. The highest BCUT2D eigenvalue weighted by atomic mass is 79.9. The Bertz CT molecular complexity index is 1170. The van der Waals surface area contributed by atoms with Gasteiger partial charge in [0, 0.05) is 18.2 Å². The van der Waals surface area contributed by atoms with Crippen LogP contribution in [0.3, 0.4) is 0 Å². The van der Waals surface area contributed by atoms with E-state index in [0.717, 1.165) is 30.5 Å². The number of rotatable bonds is 7. The molecular formula is C21H21BrF5N3O5. The lowest BCUT2D eigenvalue weighted by Crippen LogP contribution is -2.47. The molecule has 1 aromatic carbocycles. The molecular weight excluding hydrogens is 549 g/mol. The van der Waals surface area contributed by atoms with Crippen molar-refractivity contribution < 1.29 is 41.3 Å². The first-order valence-electron chi connectivity index (χ1n) is 10.3. The molecule has 0 amide bonds. The Morgan fingerprint density at radius 1 is 1.29 bits per heavy atom. The lowest BCUT2D eigenvalue weighted by molar-refractivity contribution is -0.219. The molecule has 1 saturated heterocycles. The number of benzene rings is 1. The predicted molar refractivity (Wildman–Crippen MR) is 116 cm³/mol. The molecule has 0 saturated carbocycles. The van der Waals surface area contributed by atoms with Gasteiger partial charge in [0.1, 0.15) is 22.7 Å². The van der Waals surface area contributed by atoms with Gasteiger partial charge in [-0.05, 0) is 54.8 Å². The number of aliphatic hydroxyl groups excluding tert-OH is 1. The number of hydrogen-bond acceptors (Lipinski definition) is 7. The summed E-state index contributed by atoms with van der Waals surface area (Å²) in [5.74, 6) is -4.75. The first-order valence-corrected chi connectivity index (χ1v) is 11.1. The van der Waals surface area contributed by atoms with Crippen molar-refractivity contribution in [1.82, 2.24) is 9.55 Å². The number of ether oxygens (including phenoxy) is 2. The van der Waals surface area contributed by atoms with Crippen LogP contribution in [0.4, 0.5) is 27.9 Å². The summed E-state index contributed by atoms with van der Waals surface area (Å²) in [7, 11) is 0. The van der Waals surface area contributed by atoms with E-state index >= 15 is 0 Å². The van der Waals surface area contributed by atoms with E-state index in [1.807, 2.05) is 0 Å². The molecule has 1 atom stereocenters. The van der Waals surface area contributed by atoms with E-state index in [1.54, 1.807) is 0 Å². The number of anilines is 1. The van der Waals surface area contributed by atoms with E-state index < -0.39 is 47.7 Å². The number of nitrogens with zero attached hydrogens (tertiary/aromatic N) is 3. The minimum atomic E-state index is -5.31. The summed E-state index contributed by atoms with van der Waals surface area (Å²) >= 11 is 3.00. The Morgan fingerprint density at radius 2 is 1.97 bits per heavy atom. The number of halogens is 6. The first-order chi connectivity index (χ1) is 16.3. The number of esters is 1. The minimum Gasteiger partial charge on any atom is -0.472 e. The van der Waals surface area contributed by atoms with Crippen LogP contribution in [-0.2, 0) is 21.9 Å². The highest BCUT2D eigenvalue weighted by Gasteiger charge is 2.46. The molecule has 1 aliphatic rings. The zero-order valence-corrected chi connectivity index (χ0v) is 20.1. The summed E-state index contributed by atoms with van der Waals surface area (Å²) in [5.41, 5.74) is -3.15. The number of carbonyl (C=O) groups is 1. The number of aromatic nitrogens is 2. The van der Waals surface area contributed by atoms with Gasteiger partial charge in [0.05, 0.1) is 12.6 Å². The minimum absolute atomic E-state index is 0.0420. The summed E-state index contributed by atoms with van der Waals surface area (Å²) < 4.78 is 76.3.